The lowest BCUT2D eigenvalue weighted by Gasteiger charge is -2.04. The van der Waals surface area contributed by atoms with E-state index in [1.165, 1.54) is 31.6 Å². The summed E-state index contributed by atoms with van der Waals surface area (Å²) in [6.07, 6.45) is 1.44. The van der Waals surface area contributed by atoms with E-state index in [4.69, 9.17) is 14.9 Å². The van der Waals surface area contributed by atoms with E-state index in [-0.39, 0.29) is 12.2 Å². The van der Waals surface area contributed by atoms with E-state index in [0.29, 0.717) is 22.9 Å². The number of oxazole rings is 1. The predicted octanol–water partition coefficient (Wildman–Crippen LogP) is 1.72. The SMILES string of the molecule is COc1cc([N+](=O)[O-])ccc1-c1nc(CN)co1. The molecule has 0 aliphatic heterocycles. The standard InChI is InChI=1S/C11H11N3O4/c1-17-10-4-8(14(15)16)2-3-9(10)11-13-7(5-12)6-18-11/h2-4,6H,5,12H2,1H3. The molecule has 0 fully saturated rings. The highest BCUT2D eigenvalue weighted by Gasteiger charge is 2.16. The second-order valence-electron chi connectivity index (χ2n) is 3.49. The van der Waals surface area contributed by atoms with Crippen LogP contribution >= 0.6 is 0 Å². The highest BCUT2D eigenvalue weighted by atomic mass is 16.6. The van der Waals surface area contributed by atoms with Crippen LogP contribution in [0.4, 0.5) is 5.69 Å². The largest absolute Gasteiger partial charge is 0.496 e. The number of hydrogen-bond donors (Lipinski definition) is 1. The first-order valence-electron chi connectivity index (χ1n) is 5.13. The Morgan fingerprint density at radius 1 is 1.56 bits per heavy atom. The van der Waals surface area contributed by atoms with Gasteiger partial charge in [0.25, 0.3) is 5.69 Å². The number of nitro benzene ring substituents is 1. The zero-order valence-corrected chi connectivity index (χ0v) is 9.62. The molecule has 2 aromatic rings. The fourth-order valence-corrected chi connectivity index (χ4v) is 1.49. The third-order valence-corrected chi connectivity index (χ3v) is 2.39. The van der Waals surface area contributed by atoms with Gasteiger partial charge in [0.1, 0.15) is 12.0 Å². The van der Waals surface area contributed by atoms with Gasteiger partial charge in [0, 0.05) is 12.6 Å². The number of rotatable bonds is 4. The molecule has 7 nitrogen and oxygen atoms in total. The van der Waals surface area contributed by atoms with Crippen molar-refractivity contribution < 1.29 is 14.1 Å². The summed E-state index contributed by atoms with van der Waals surface area (Å²) < 4.78 is 10.3. The van der Waals surface area contributed by atoms with Crippen LogP contribution in [0, 0.1) is 10.1 Å². The molecule has 0 saturated heterocycles. The van der Waals surface area contributed by atoms with Crippen molar-refractivity contribution >= 4 is 5.69 Å². The fourth-order valence-electron chi connectivity index (χ4n) is 1.49. The molecule has 0 bridgehead atoms. The summed E-state index contributed by atoms with van der Waals surface area (Å²) in [5, 5.41) is 10.7. The van der Waals surface area contributed by atoms with E-state index < -0.39 is 4.92 Å². The quantitative estimate of drug-likeness (QED) is 0.653. The van der Waals surface area contributed by atoms with Crippen LogP contribution in [0.5, 0.6) is 5.75 Å². The Bertz CT molecular complexity index is 579. The Labute approximate surface area is 102 Å². The Kier molecular flexibility index (Phi) is 3.24. The number of ether oxygens (including phenoxy) is 1. The van der Waals surface area contributed by atoms with Gasteiger partial charge < -0.3 is 14.9 Å². The first-order chi connectivity index (χ1) is 8.65. The Morgan fingerprint density at radius 3 is 2.89 bits per heavy atom. The number of non-ortho nitro benzene ring substituents is 1. The van der Waals surface area contributed by atoms with E-state index in [2.05, 4.69) is 4.98 Å². The smallest absolute Gasteiger partial charge is 0.273 e. The van der Waals surface area contributed by atoms with E-state index in [9.17, 15) is 10.1 Å². The van der Waals surface area contributed by atoms with Crippen LogP contribution < -0.4 is 10.5 Å². The third kappa shape index (κ3) is 2.16. The Morgan fingerprint density at radius 2 is 2.33 bits per heavy atom. The zero-order chi connectivity index (χ0) is 13.1. The molecule has 0 unspecified atom stereocenters. The third-order valence-electron chi connectivity index (χ3n) is 2.39. The van der Waals surface area contributed by atoms with Crippen LogP contribution in [0.15, 0.2) is 28.9 Å². The van der Waals surface area contributed by atoms with Gasteiger partial charge in [-0.05, 0) is 6.07 Å². The van der Waals surface area contributed by atoms with Crippen molar-refractivity contribution in [2.75, 3.05) is 7.11 Å². The number of aromatic nitrogens is 1. The monoisotopic (exact) mass is 249 g/mol. The Hall–Kier alpha value is -2.41. The number of nitrogens with zero attached hydrogens (tertiary/aromatic N) is 2. The average molecular weight is 249 g/mol. The van der Waals surface area contributed by atoms with Crippen LogP contribution in [0.3, 0.4) is 0 Å². The van der Waals surface area contributed by atoms with Crippen molar-refractivity contribution in [1.82, 2.24) is 4.98 Å². The van der Waals surface area contributed by atoms with Crippen molar-refractivity contribution in [2.24, 2.45) is 5.73 Å². The summed E-state index contributed by atoms with van der Waals surface area (Å²) in [6.45, 7) is 0.263. The topological polar surface area (TPSA) is 104 Å². The maximum absolute atomic E-state index is 10.7. The molecule has 0 radical (unpaired) electrons. The van der Waals surface area contributed by atoms with Gasteiger partial charge in [-0.3, -0.25) is 10.1 Å². The lowest BCUT2D eigenvalue weighted by atomic mass is 10.2. The maximum atomic E-state index is 10.7. The van der Waals surface area contributed by atoms with Gasteiger partial charge >= 0.3 is 0 Å². The molecule has 0 amide bonds. The van der Waals surface area contributed by atoms with Crippen LogP contribution in [0.2, 0.25) is 0 Å². The van der Waals surface area contributed by atoms with E-state index >= 15 is 0 Å². The van der Waals surface area contributed by atoms with Gasteiger partial charge in [0.05, 0.1) is 29.4 Å². The minimum absolute atomic E-state index is 0.0544. The summed E-state index contributed by atoms with van der Waals surface area (Å²) in [6, 6.07) is 4.22. The van der Waals surface area contributed by atoms with Gasteiger partial charge in [-0.15, -0.1) is 0 Å². The van der Waals surface area contributed by atoms with Crippen molar-refractivity contribution in [2.45, 2.75) is 6.54 Å². The van der Waals surface area contributed by atoms with E-state index in [1.54, 1.807) is 0 Å². The fraction of sp³-hybridized carbons (Fsp3) is 0.182. The van der Waals surface area contributed by atoms with Crippen LogP contribution in [-0.4, -0.2) is 17.0 Å². The predicted molar refractivity (Wildman–Crippen MR) is 63.0 cm³/mol. The van der Waals surface area contributed by atoms with Crippen molar-refractivity contribution in [3.05, 3.63) is 40.3 Å². The second-order valence-corrected chi connectivity index (χ2v) is 3.49. The van der Waals surface area contributed by atoms with E-state index in [0.717, 1.165) is 0 Å². The van der Waals surface area contributed by atoms with Gasteiger partial charge in [0.2, 0.25) is 5.89 Å². The number of nitro groups is 1. The van der Waals surface area contributed by atoms with Gasteiger partial charge in [-0.2, -0.15) is 0 Å². The molecule has 0 aliphatic rings. The molecule has 18 heavy (non-hydrogen) atoms. The molecule has 7 heteroatoms. The second kappa shape index (κ2) is 4.84. The normalized spacial score (nSPS) is 10.3. The minimum atomic E-state index is -0.493. The van der Waals surface area contributed by atoms with E-state index in [1.807, 2.05) is 0 Å². The number of methoxy groups -OCH3 is 1. The van der Waals surface area contributed by atoms with Crippen molar-refractivity contribution in [3.8, 4) is 17.2 Å². The molecule has 0 saturated carbocycles. The number of nitrogens with two attached hydrogens (primary N) is 1. The van der Waals surface area contributed by atoms with Gasteiger partial charge in [0.15, 0.2) is 0 Å². The molecule has 1 aromatic heterocycles. The summed E-state index contributed by atoms with van der Waals surface area (Å²) in [4.78, 5) is 14.3. The van der Waals surface area contributed by atoms with Crippen molar-refractivity contribution in [3.63, 3.8) is 0 Å². The van der Waals surface area contributed by atoms with Crippen LogP contribution in [-0.2, 0) is 6.54 Å². The maximum Gasteiger partial charge on any atom is 0.273 e. The van der Waals surface area contributed by atoms with Gasteiger partial charge in [-0.25, -0.2) is 4.98 Å². The molecular weight excluding hydrogens is 238 g/mol. The van der Waals surface area contributed by atoms with Crippen LogP contribution in [0.1, 0.15) is 5.69 Å². The zero-order valence-electron chi connectivity index (χ0n) is 9.62. The number of hydrogen-bond acceptors (Lipinski definition) is 6. The summed E-state index contributed by atoms with van der Waals surface area (Å²) in [5.41, 5.74) is 6.52. The van der Waals surface area contributed by atoms with Crippen LogP contribution in [0.25, 0.3) is 11.5 Å². The summed E-state index contributed by atoms with van der Waals surface area (Å²) in [5.74, 6) is 0.650. The molecule has 0 spiro atoms. The first-order valence-corrected chi connectivity index (χ1v) is 5.13. The molecule has 2 N–H and O–H groups in total. The lowest BCUT2D eigenvalue weighted by molar-refractivity contribution is -0.384. The first kappa shape index (κ1) is 12.1. The molecule has 2 rings (SSSR count). The molecule has 0 atom stereocenters. The van der Waals surface area contributed by atoms with Gasteiger partial charge in [-0.1, -0.05) is 0 Å². The summed E-state index contributed by atoms with van der Waals surface area (Å²) in [7, 11) is 1.43. The molecule has 1 aromatic carbocycles. The lowest BCUT2D eigenvalue weighted by Crippen LogP contribution is -1.96. The highest BCUT2D eigenvalue weighted by molar-refractivity contribution is 5.65. The number of benzene rings is 1. The molecule has 1 heterocycles. The molecule has 0 aliphatic carbocycles. The summed E-state index contributed by atoms with van der Waals surface area (Å²) >= 11 is 0. The Balaban J connectivity index is 2.47. The van der Waals surface area contributed by atoms with Crippen molar-refractivity contribution in [1.29, 1.82) is 0 Å². The average Bonchev–Trinajstić information content (AvgIpc) is 2.86. The molecule has 94 valence electrons. The highest BCUT2D eigenvalue weighted by Crippen LogP contribution is 2.32. The molecular formula is C11H11N3O4. The minimum Gasteiger partial charge on any atom is -0.496 e.